The smallest absolute Gasteiger partial charge is 0.243 e. The van der Waals surface area contributed by atoms with Crippen molar-refractivity contribution >= 4 is 23.9 Å². The van der Waals surface area contributed by atoms with Gasteiger partial charge in [0, 0.05) is 26.1 Å². The largest absolute Gasteiger partial charge is 0.387 e. The second-order valence-corrected chi connectivity index (χ2v) is 7.62. The summed E-state index contributed by atoms with van der Waals surface area (Å²) in [5.74, 6) is -2.11. The maximum atomic E-state index is 14.1. The van der Waals surface area contributed by atoms with Crippen LogP contribution in [0.3, 0.4) is 0 Å². The van der Waals surface area contributed by atoms with Gasteiger partial charge in [-0.05, 0) is 30.0 Å². The monoisotopic (exact) mass is 456 g/mol. The predicted molar refractivity (Wildman–Crippen MR) is 122 cm³/mol. The molecule has 3 atom stereocenters. The molecule has 2 aromatic rings. The number of carbonyl (C=O) groups is 3. The Kier molecular flexibility index (Phi) is 10.2. The van der Waals surface area contributed by atoms with Crippen LogP contribution in [0.1, 0.15) is 30.9 Å². The van der Waals surface area contributed by atoms with Gasteiger partial charge in [-0.3, -0.25) is 14.4 Å². The first-order chi connectivity index (χ1) is 15.8. The highest BCUT2D eigenvalue weighted by Gasteiger charge is 2.27. The fourth-order valence-electron chi connectivity index (χ4n) is 3.21. The average Bonchev–Trinajstić information content (AvgIpc) is 2.81. The van der Waals surface area contributed by atoms with Crippen LogP contribution in [0, 0.1) is 11.2 Å². The summed E-state index contributed by atoms with van der Waals surface area (Å²) in [4.78, 5) is 37.4. The van der Waals surface area contributed by atoms with E-state index in [9.17, 15) is 23.9 Å². The van der Waals surface area contributed by atoms with Gasteiger partial charge in [0.05, 0.1) is 6.10 Å². The molecule has 0 radical (unpaired) electrons. The van der Waals surface area contributed by atoms with Crippen molar-refractivity contribution in [2.24, 2.45) is 0 Å². The van der Waals surface area contributed by atoms with Gasteiger partial charge in [0.25, 0.3) is 0 Å². The zero-order valence-corrected chi connectivity index (χ0v) is 18.4. The van der Waals surface area contributed by atoms with E-state index in [0.717, 1.165) is 11.8 Å². The van der Waals surface area contributed by atoms with Gasteiger partial charge in [-0.2, -0.15) is 0 Å². The van der Waals surface area contributed by atoms with Gasteiger partial charge >= 0.3 is 0 Å². The van der Waals surface area contributed by atoms with E-state index in [4.69, 9.17) is 5.41 Å². The topological polar surface area (TPSA) is 131 Å². The van der Waals surface area contributed by atoms with Crippen molar-refractivity contribution < 1.29 is 23.9 Å². The van der Waals surface area contributed by atoms with E-state index < -0.39 is 41.7 Å². The number of hydrogen-bond donors (Lipinski definition) is 5. The van der Waals surface area contributed by atoms with Crippen molar-refractivity contribution in [3.63, 3.8) is 0 Å². The molecule has 1 unspecified atom stereocenters. The molecule has 0 aliphatic heterocycles. The van der Waals surface area contributed by atoms with Crippen molar-refractivity contribution in [1.82, 2.24) is 16.0 Å². The Morgan fingerprint density at radius 3 is 2.27 bits per heavy atom. The molecule has 2 rings (SSSR count). The van der Waals surface area contributed by atoms with Crippen LogP contribution in [0.5, 0.6) is 0 Å². The minimum absolute atomic E-state index is 0.0649. The van der Waals surface area contributed by atoms with Crippen molar-refractivity contribution in [3.8, 4) is 0 Å². The van der Waals surface area contributed by atoms with E-state index in [1.165, 1.54) is 25.1 Å². The summed E-state index contributed by atoms with van der Waals surface area (Å²) < 4.78 is 14.1. The minimum Gasteiger partial charge on any atom is -0.387 e. The second kappa shape index (κ2) is 13.1. The lowest BCUT2D eigenvalue weighted by Crippen LogP contribution is -2.54. The number of rotatable bonds is 12. The molecule has 0 bridgehead atoms. The van der Waals surface area contributed by atoms with Gasteiger partial charge in [0.15, 0.2) is 0 Å². The maximum absolute atomic E-state index is 14.1. The number of amides is 3. The highest BCUT2D eigenvalue weighted by molar-refractivity contribution is 5.92. The van der Waals surface area contributed by atoms with Crippen LogP contribution in [0.4, 0.5) is 4.39 Å². The Morgan fingerprint density at radius 1 is 0.970 bits per heavy atom. The number of aliphatic hydroxyl groups excluding tert-OH is 1. The Bertz CT molecular complexity index is 954. The van der Waals surface area contributed by atoms with E-state index in [1.807, 2.05) is 30.3 Å². The molecule has 0 aromatic heterocycles. The van der Waals surface area contributed by atoms with E-state index >= 15 is 0 Å². The van der Waals surface area contributed by atoms with Gasteiger partial charge < -0.3 is 26.5 Å². The molecule has 0 aliphatic carbocycles. The van der Waals surface area contributed by atoms with Crippen LogP contribution in [0.25, 0.3) is 0 Å². The number of hydrogen-bond acceptors (Lipinski definition) is 5. The lowest BCUT2D eigenvalue weighted by Gasteiger charge is -2.23. The standard InChI is InChI=1S/C24H29FN4O4/c1-16(30)28-22(13-18-9-5-6-10-20(18)25)24(33)29-21(12-11-19(31)14-26)23(32)27-15-17-7-3-2-4-8-17/h2-10,14,19,21-22,26,31H,11-13,15H2,1H3,(H,27,32)(H,28,30)(H,29,33)/t19?,21-,22-/m0/s1. The van der Waals surface area contributed by atoms with Crippen molar-refractivity contribution in [2.75, 3.05) is 0 Å². The zero-order valence-electron chi connectivity index (χ0n) is 18.4. The number of carbonyl (C=O) groups excluding carboxylic acids is 3. The zero-order chi connectivity index (χ0) is 24.2. The highest BCUT2D eigenvalue weighted by Crippen LogP contribution is 2.11. The van der Waals surface area contributed by atoms with E-state index in [1.54, 1.807) is 6.07 Å². The molecule has 0 heterocycles. The first kappa shape index (κ1) is 25.7. The fourth-order valence-corrected chi connectivity index (χ4v) is 3.21. The molecular weight excluding hydrogens is 427 g/mol. The van der Waals surface area contributed by atoms with Crippen LogP contribution in [-0.4, -0.2) is 47.2 Å². The number of halogens is 1. The Morgan fingerprint density at radius 2 is 1.64 bits per heavy atom. The molecule has 3 amide bonds. The van der Waals surface area contributed by atoms with Crippen LogP contribution >= 0.6 is 0 Å². The Hall–Kier alpha value is -3.59. The van der Waals surface area contributed by atoms with Crippen molar-refractivity contribution in [1.29, 1.82) is 5.41 Å². The number of aliphatic hydroxyl groups is 1. The highest BCUT2D eigenvalue weighted by atomic mass is 19.1. The molecule has 8 nitrogen and oxygen atoms in total. The molecule has 5 N–H and O–H groups in total. The van der Waals surface area contributed by atoms with Gasteiger partial charge in [-0.1, -0.05) is 48.5 Å². The van der Waals surface area contributed by atoms with Crippen molar-refractivity contribution in [2.45, 2.75) is 50.9 Å². The summed E-state index contributed by atoms with van der Waals surface area (Å²) >= 11 is 0. The summed E-state index contributed by atoms with van der Waals surface area (Å²) in [6, 6.07) is 13.0. The molecular formula is C24H29FN4O4. The molecule has 33 heavy (non-hydrogen) atoms. The summed E-state index contributed by atoms with van der Waals surface area (Å²) in [5, 5.41) is 24.7. The quantitative estimate of drug-likeness (QED) is 0.310. The number of nitrogens with one attached hydrogen (secondary N) is 4. The SMILES string of the molecule is CC(=O)N[C@@H](Cc1ccccc1F)C(=O)N[C@@H](CCC(O)C=N)C(=O)NCc1ccccc1. The van der Waals surface area contributed by atoms with E-state index in [0.29, 0.717) is 0 Å². The Balaban J connectivity index is 2.12. The molecule has 0 fully saturated rings. The normalized spacial score (nSPS) is 13.3. The van der Waals surface area contributed by atoms with Gasteiger partial charge in [0.2, 0.25) is 17.7 Å². The van der Waals surface area contributed by atoms with Crippen LogP contribution in [0.2, 0.25) is 0 Å². The molecule has 0 saturated heterocycles. The van der Waals surface area contributed by atoms with E-state index in [2.05, 4.69) is 16.0 Å². The molecule has 0 aliphatic rings. The third-order valence-electron chi connectivity index (χ3n) is 4.96. The second-order valence-electron chi connectivity index (χ2n) is 7.62. The molecule has 9 heteroatoms. The average molecular weight is 457 g/mol. The number of benzene rings is 2. The third kappa shape index (κ3) is 8.82. The molecule has 2 aromatic carbocycles. The molecule has 176 valence electrons. The summed E-state index contributed by atoms with van der Waals surface area (Å²) in [5.41, 5.74) is 1.11. The first-order valence-corrected chi connectivity index (χ1v) is 10.6. The minimum atomic E-state index is -1.10. The fraction of sp³-hybridized carbons (Fsp3) is 0.333. The van der Waals surface area contributed by atoms with E-state index in [-0.39, 0.29) is 31.4 Å². The van der Waals surface area contributed by atoms with Gasteiger partial charge in [-0.15, -0.1) is 0 Å². The summed E-state index contributed by atoms with van der Waals surface area (Å²) in [6.45, 7) is 1.48. The summed E-state index contributed by atoms with van der Waals surface area (Å²) in [7, 11) is 0. The van der Waals surface area contributed by atoms with Gasteiger partial charge in [-0.25, -0.2) is 4.39 Å². The molecule has 0 saturated carbocycles. The summed E-state index contributed by atoms with van der Waals surface area (Å²) in [6.07, 6.45) is -0.171. The lowest BCUT2D eigenvalue weighted by molar-refractivity contribution is -0.132. The maximum Gasteiger partial charge on any atom is 0.243 e. The predicted octanol–water partition coefficient (Wildman–Crippen LogP) is 1.46. The van der Waals surface area contributed by atoms with Gasteiger partial charge in [0.1, 0.15) is 17.9 Å². The third-order valence-corrected chi connectivity index (χ3v) is 4.96. The Labute approximate surface area is 192 Å². The van der Waals surface area contributed by atoms with Crippen LogP contribution < -0.4 is 16.0 Å². The van der Waals surface area contributed by atoms with Crippen molar-refractivity contribution in [3.05, 3.63) is 71.5 Å². The van der Waals surface area contributed by atoms with Crippen LogP contribution in [0.15, 0.2) is 54.6 Å². The lowest BCUT2D eigenvalue weighted by atomic mass is 10.0. The van der Waals surface area contributed by atoms with Crippen LogP contribution in [-0.2, 0) is 27.3 Å². The first-order valence-electron chi connectivity index (χ1n) is 10.6. The molecule has 0 spiro atoms.